The number of nitrogens with one attached hydrogen (secondary N) is 2. The molecule has 9 heteroatoms. The fourth-order valence-corrected chi connectivity index (χ4v) is 5.47. The third-order valence-corrected chi connectivity index (χ3v) is 7.25. The monoisotopic (exact) mass is 543 g/mol. The number of hydrogen-bond donors (Lipinski definition) is 2. The molecule has 0 radical (unpaired) electrons. The minimum absolute atomic E-state index is 0.0616. The Kier molecular flexibility index (Phi) is 6.63. The van der Waals surface area contributed by atoms with Crippen molar-refractivity contribution >= 4 is 44.7 Å². The summed E-state index contributed by atoms with van der Waals surface area (Å²) in [5.41, 5.74) is 4.21. The zero-order chi connectivity index (χ0) is 21.8. The van der Waals surface area contributed by atoms with Crippen molar-refractivity contribution in [3.63, 3.8) is 0 Å². The number of carbonyl (C=O) groups is 1. The van der Waals surface area contributed by atoms with Crippen LogP contribution in [0, 0.1) is 5.92 Å². The first-order valence-electron chi connectivity index (χ1n) is 11.0. The summed E-state index contributed by atoms with van der Waals surface area (Å²) in [5, 5.41) is 6.51. The quantitative estimate of drug-likeness (QED) is 0.497. The molecule has 2 N–H and O–H groups in total. The van der Waals surface area contributed by atoms with Gasteiger partial charge in [-0.05, 0) is 61.6 Å². The van der Waals surface area contributed by atoms with E-state index in [0.717, 1.165) is 62.1 Å². The largest absolute Gasteiger partial charge is 0.356 e. The van der Waals surface area contributed by atoms with E-state index in [0.29, 0.717) is 18.3 Å². The van der Waals surface area contributed by atoms with E-state index in [9.17, 15) is 4.79 Å². The molecule has 3 aliphatic rings. The second-order valence-electron chi connectivity index (χ2n) is 8.38. The van der Waals surface area contributed by atoms with Gasteiger partial charge < -0.3 is 10.6 Å². The average Bonchev–Trinajstić information content (AvgIpc) is 2.82. The molecule has 5 rings (SSSR count). The molecule has 4 heterocycles. The van der Waals surface area contributed by atoms with Crippen molar-refractivity contribution in [1.29, 1.82) is 0 Å². The molecular formula is C23H26IN7O. The number of fused-ring (bicyclic) bond motifs is 8. The Morgan fingerprint density at radius 2 is 2.09 bits per heavy atom. The second-order valence-corrected chi connectivity index (χ2v) is 9.78. The summed E-state index contributed by atoms with van der Waals surface area (Å²) in [6.07, 6.45) is 7.43. The van der Waals surface area contributed by atoms with Crippen LogP contribution in [0.15, 0.2) is 54.1 Å². The summed E-state index contributed by atoms with van der Waals surface area (Å²) in [4.78, 5) is 24.2. The number of benzene rings is 1. The first kappa shape index (κ1) is 21.3. The van der Waals surface area contributed by atoms with Crippen LogP contribution in [0.25, 0.3) is 0 Å². The number of pyridine rings is 1. The number of amidine groups is 1. The lowest BCUT2D eigenvalue weighted by Crippen LogP contribution is -2.42. The molecule has 1 fully saturated rings. The van der Waals surface area contributed by atoms with E-state index in [2.05, 4.69) is 56.1 Å². The van der Waals surface area contributed by atoms with E-state index in [1.165, 1.54) is 5.56 Å². The van der Waals surface area contributed by atoms with Gasteiger partial charge in [-0.3, -0.25) is 14.7 Å². The van der Waals surface area contributed by atoms with Crippen molar-refractivity contribution in [1.82, 2.24) is 15.2 Å². The fourth-order valence-electron chi connectivity index (χ4n) is 4.33. The number of halogens is 1. The molecule has 0 aliphatic carbocycles. The van der Waals surface area contributed by atoms with Gasteiger partial charge in [0.15, 0.2) is 5.84 Å². The lowest BCUT2D eigenvalue weighted by atomic mass is 9.96. The van der Waals surface area contributed by atoms with Crippen molar-refractivity contribution in [2.24, 2.45) is 17.3 Å². The molecule has 0 saturated carbocycles. The molecule has 1 saturated heterocycles. The Morgan fingerprint density at radius 1 is 1.12 bits per heavy atom. The van der Waals surface area contributed by atoms with Gasteiger partial charge in [0.1, 0.15) is 21.3 Å². The summed E-state index contributed by atoms with van der Waals surface area (Å²) >= 11 is -0.700. The predicted molar refractivity (Wildman–Crippen MR) is 134 cm³/mol. The highest BCUT2D eigenvalue weighted by molar-refractivity contribution is 14.1. The average molecular weight is 543 g/mol. The molecule has 32 heavy (non-hydrogen) atoms. The highest BCUT2D eigenvalue weighted by Gasteiger charge is 2.25. The van der Waals surface area contributed by atoms with E-state index in [1.54, 1.807) is 6.20 Å². The maximum absolute atomic E-state index is 12.7. The van der Waals surface area contributed by atoms with Crippen LogP contribution in [0.5, 0.6) is 0 Å². The molecule has 2 aromatic rings. The van der Waals surface area contributed by atoms with E-state index in [1.807, 2.05) is 12.3 Å². The van der Waals surface area contributed by atoms with Crippen molar-refractivity contribution in [2.45, 2.75) is 32.2 Å². The van der Waals surface area contributed by atoms with Crippen molar-refractivity contribution in [3.8, 4) is 0 Å². The van der Waals surface area contributed by atoms with Crippen molar-refractivity contribution in [3.05, 3.63) is 59.4 Å². The van der Waals surface area contributed by atoms with Crippen LogP contribution in [-0.4, -0.2) is 47.2 Å². The van der Waals surface area contributed by atoms with Gasteiger partial charge in [0, 0.05) is 43.3 Å². The SMILES string of the molecule is O=C1NCCCc2cncc(c2)C2=NI=NC(=N2)Nc2cccc(c2)CN2CCCC1C2. The number of carbonyl (C=O) groups excluding carboxylic acids is 1. The molecule has 1 aromatic heterocycles. The molecule has 166 valence electrons. The number of nitrogens with zero attached hydrogens (tertiary/aromatic N) is 5. The number of aryl methyl sites for hydroxylation is 1. The van der Waals surface area contributed by atoms with Crippen LogP contribution in [0.3, 0.4) is 0 Å². The summed E-state index contributed by atoms with van der Waals surface area (Å²) in [6.45, 7) is 3.34. The third kappa shape index (κ3) is 5.26. The Bertz CT molecular complexity index is 1100. The number of guanidine groups is 1. The highest BCUT2D eigenvalue weighted by Crippen LogP contribution is 2.22. The van der Waals surface area contributed by atoms with Gasteiger partial charge in [-0.15, -0.1) is 0 Å². The van der Waals surface area contributed by atoms with Crippen LogP contribution in [-0.2, 0) is 17.8 Å². The van der Waals surface area contributed by atoms with Crippen LogP contribution in [0.1, 0.15) is 36.0 Å². The zero-order valence-corrected chi connectivity index (χ0v) is 20.0. The second kappa shape index (κ2) is 9.95. The molecule has 3 aliphatic heterocycles. The topological polar surface area (TPSA) is 94.3 Å². The summed E-state index contributed by atoms with van der Waals surface area (Å²) < 4.78 is 9.10. The molecule has 2 atom stereocenters. The van der Waals surface area contributed by atoms with E-state index in [-0.39, 0.29) is 11.8 Å². The third-order valence-electron chi connectivity index (χ3n) is 5.91. The fraction of sp³-hybridized carbons (Fsp3) is 0.391. The maximum Gasteiger partial charge on any atom is 0.235 e. The Labute approximate surface area is 198 Å². The number of anilines is 1. The number of piperidine rings is 1. The van der Waals surface area contributed by atoms with E-state index >= 15 is 0 Å². The Hall–Kier alpha value is -2.53. The predicted octanol–water partition coefficient (Wildman–Crippen LogP) is 3.65. The van der Waals surface area contributed by atoms with Crippen LogP contribution in [0.2, 0.25) is 0 Å². The minimum Gasteiger partial charge on any atom is -0.356 e. The zero-order valence-electron chi connectivity index (χ0n) is 17.8. The lowest BCUT2D eigenvalue weighted by molar-refractivity contribution is -0.126. The summed E-state index contributed by atoms with van der Waals surface area (Å²) in [6, 6.07) is 10.4. The smallest absolute Gasteiger partial charge is 0.235 e. The molecule has 8 bridgehead atoms. The summed E-state index contributed by atoms with van der Waals surface area (Å²) in [7, 11) is 0. The van der Waals surface area contributed by atoms with Gasteiger partial charge in [-0.2, -0.15) is 11.3 Å². The van der Waals surface area contributed by atoms with Gasteiger partial charge in [0.2, 0.25) is 11.9 Å². The molecular weight excluding hydrogens is 517 g/mol. The van der Waals surface area contributed by atoms with Gasteiger partial charge >= 0.3 is 0 Å². The van der Waals surface area contributed by atoms with Crippen molar-refractivity contribution < 1.29 is 4.79 Å². The van der Waals surface area contributed by atoms with E-state index < -0.39 is 21.3 Å². The minimum atomic E-state index is -0.700. The highest BCUT2D eigenvalue weighted by atomic mass is 127. The normalized spacial score (nSPS) is 23.7. The first-order chi connectivity index (χ1) is 15.7. The first-order valence-corrected chi connectivity index (χ1v) is 13.0. The van der Waals surface area contributed by atoms with Gasteiger partial charge in [0.05, 0.1) is 5.92 Å². The maximum atomic E-state index is 12.7. The number of aliphatic imine (C=N–C) groups is 1. The van der Waals surface area contributed by atoms with Crippen molar-refractivity contribution in [2.75, 3.05) is 25.0 Å². The number of hydrogen-bond acceptors (Lipinski definition) is 7. The van der Waals surface area contributed by atoms with Gasteiger partial charge in [-0.25, -0.2) is 0 Å². The van der Waals surface area contributed by atoms with Gasteiger partial charge in [-0.1, -0.05) is 12.1 Å². The van der Waals surface area contributed by atoms with E-state index in [4.69, 9.17) is 0 Å². The molecule has 1 amide bonds. The summed E-state index contributed by atoms with van der Waals surface area (Å²) in [5.74, 6) is 1.54. The Morgan fingerprint density at radius 3 is 3.06 bits per heavy atom. The van der Waals surface area contributed by atoms with Crippen LogP contribution in [0.4, 0.5) is 5.69 Å². The number of rotatable bonds is 0. The molecule has 2 unspecified atom stereocenters. The molecule has 0 spiro atoms. The van der Waals surface area contributed by atoms with Crippen LogP contribution < -0.4 is 10.6 Å². The number of amides is 1. The molecule has 1 aromatic carbocycles. The van der Waals surface area contributed by atoms with Crippen LogP contribution >= 0.6 is 21.3 Å². The Balaban J connectivity index is 1.44. The standard InChI is InChI=1S/C23H26IN7O/c32-22-18-6-3-9-31(15-18)14-17-4-1-7-20(11-17)27-23-28-21(29-24-30-23)19-10-16(12-25-13-19)5-2-8-26-22/h1,4,7,10-13,18H,2-3,5-6,8-9,14-15H2,(H,26,32)(H,27,28,29,30). The van der Waals surface area contributed by atoms with Gasteiger partial charge in [0.25, 0.3) is 0 Å². The molecule has 8 nitrogen and oxygen atoms in total. The lowest BCUT2D eigenvalue weighted by Gasteiger charge is -2.32. The number of aromatic nitrogens is 1.